The van der Waals surface area contributed by atoms with Crippen molar-refractivity contribution in [3.63, 3.8) is 0 Å². The number of nitrogens with one attached hydrogen (secondary N) is 1. The lowest BCUT2D eigenvalue weighted by atomic mass is 10.1. The van der Waals surface area contributed by atoms with Crippen LogP contribution in [-0.2, 0) is 6.18 Å². The maximum absolute atomic E-state index is 12.2. The van der Waals surface area contributed by atoms with Crippen LogP contribution in [0.1, 0.15) is 15.9 Å². The van der Waals surface area contributed by atoms with E-state index in [1.165, 1.54) is 0 Å². The van der Waals surface area contributed by atoms with Gasteiger partial charge in [0.05, 0.1) is 5.56 Å². The molecule has 0 bridgehead atoms. The van der Waals surface area contributed by atoms with Gasteiger partial charge in [0.1, 0.15) is 5.56 Å². The normalized spacial score (nSPS) is 11.4. The molecule has 0 aliphatic rings. The predicted octanol–water partition coefficient (Wildman–Crippen LogP) is 0.797. The SMILES string of the molecule is O=C(O)c1c(C(F)(F)F)cc(=O)[nH]c1O. The van der Waals surface area contributed by atoms with Gasteiger partial charge in [-0.15, -0.1) is 0 Å². The maximum atomic E-state index is 12.2. The van der Waals surface area contributed by atoms with Gasteiger partial charge in [-0.1, -0.05) is 0 Å². The molecule has 1 rings (SSSR count). The lowest BCUT2D eigenvalue weighted by Gasteiger charge is -2.09. The number of hydrogen-bond acceptors (Lipinski definition) is 3. The molecule has 0 aliphatic heterocycles. The molecule has 0 unspecified atom stereocenters. The van der Waals surface area contributed by atoms with Crippen molar-refractivity contribution in [1.82, 2.24) is 4.98 Å². The maximum Gasteiger partial charge on any atom is 0.417 e. The number of alkyl halides is 3. The van der Waals surface area contributed by atoms with Crippen molar-refractivity contribution >= 4 is 5.97 Å². The molecule has 0 aliphatic carbocycles. The van der Waals surface area contributed by atoms with Crippen molar-refractivity contribution in [2.24, 2.45) is 0 Å². The molecule has 0 fully saturated rings. The zero-order chi connectivity index (χ0) is 11.8. The van der Waals surface area contributed by atoms with Crippen LogP contribution >= 0.6 is 0 Å². The minimum atomic E-state index is -5.01. The molecule has 0 radical (unpaired) electrons. The third-order valence-electron chi connectivity index (χ3n) is 1.54. The molecule has 1 aromatic heterocycles. The summed E-state index contributed by atoms with van der Waals surface area (Å²) in [7, 11) is 0. The average molecular weight is 223 g/mol. The Morgan fingerprint density at radius 1 is 1.40 bits per heavy atom. The molecule has 1 aromatic rings. The largest absolute Gasteiger partial charge is 0.494 e. The number of hydrogen-bond donors (Lipinski definition) is 3. The molecule has 82 valence electrons. The summed E-state index contributed by atoms with van der Waals surface area (Å²) in [6, 6.07) is 0.0726. The summed E-state index contributed by atoms with van der Waals surface area (Å²) in [6.07, 6.45) is -5.01. The number of aromatic nitrogens is 1. The molecule has 3 N–H and O–H groups in total. The van der Waals surface area contributed by atoms with Crippen LogP contribution in [0.25, 0.3) is 0 Å². The number of pyridine rings is 1. The molecule has 0 aromatic carbocycles. The van der Waals surface area contributed by atoms with Gasteiger partial charge in [0.2, 0.25) is 5.88 Å². The average Bonchev–Trinajstić information content (AvgIpc) is 1.99. The van der Waals surface area contributed by atoms with Gasteiger partial charge >= 0.3 is 12.1 Å². The van der Waals surface area contributed by atoms with Crippen molar-refractivity contribution in [2.45, 2.75) is 6.18 Å². The summed E-state index contributed by atoms with van der Waals surface area (Å²) < 4.78 is 36.7. The Bertz CT molecular complexity index is 462. The van der Waals surface area contributed by atoms with Gasteiger partial charge in [0.25, 0.3) is 5.56 Å². The second-order valence-corrected chi connectivity index (χ2v) is 2.57. The van der Waals surface area contributed by atoms with Crippen LogP contribution < -0.4 is 5.56 Å². The Balaban J connectivity index is 3.62. The van der Waals surface area contributed by atoms with E-state index in [2.05, 4.69) is 0 Å². The molecule has 0 amide bonds. The number of aromatic hydroxyl groups is 1. The number of rotatable bonds is 1. The van der Waals surface area contributed by atoms with E-state index in [0.717, 1.165) is 0 Å². The van der Waals surface area contributed by atoms with Gasteiger partial charge in [-0.3, -0.25) is 9.78 Å². The van der Waals surface area contributed by atoms with Crippen LogP contribution in [-0.4, -0.2) is 21.2 Å². The molecular formula is C7H4F3NO4. The highest BCUT2D eigenvalue weighted by molar-refractivity contribution is 5.92. The first-order valence-electron chi connectivity index (χ1n) is 3.50. The second kappa shape index (κ2) is 3.30. The first-order valence-corrected chi connectivity index (χ1v) is 3.50. The fourth-order valence-electron chi connectivity index (χ4n) is 0.986. The number of carboxylic acids is 1. The second-order valence-electron chi connectivity index (χ2n) is 2.57. The highest BCUT2D eigenvalue weighted by atomic mass is 19.4. The number of carbonyl (C=O) groups is 1. The summed E-state index contributed by atoms with van der Waals surface area (Å²) >= 11 is 0. The van der Waals surface area contributed by atoms with Crippen molar-refractivity contribution in [3.8, 4) is 5.88 Å². The molecule has 15 heavy (non-hydrogen) atoms. The molecule has 5 nitrogen and oxygen atoms in total. The van der Waals surface area contributed by atoms with Crippen LogP contribution in [0.5, 0.6) is 5.88 Å². The summed E-state index contributed by atoms with van der Waals surface area (Å²) in [5, 5.41) is 17.3. The van der Waals surface area contributed by atoms with E-state index in [-0.39, 0.29) is 6.07 Å². The van der Waals surface area contributed by atoms with E-state index < -0.39 is 34.7 Å². The number of halogens is 3. The number of aromatic carboxylic acids is 1. The molecule has 8 heteroatoms. The topological polar surface area (TPSA) is 90.4 Å². The molecule has 0 spiro atoms. The van der Waals surface area contributed by atoms with Crippen molar-refractivity contribution in [2.75, 3.05) is 0 Å². The fraction of sp³-hybridized carbons (Fsp3) is 0.143. The van der Waals surface area contributed by atoms with Crippen LogP contribution in [0.2, 0.25) is 0 Å². The summed E-state index contributed by atoms with van der Waals surface area (Å²) in [5.74, 6) is -3.29. The first kappa shape index (κ1) is 11.1. The summed E-state index contributed by atoms with van der Waals surface area (Å²) in [5.41, 5.74) is -4.29. The first-order chi connectivity index (χ1) is 6.73. The standard InChI is InChI=1S/C7H4F3NO4/c8-7(9,10)2-1-3(12)11-5(13)4(2)6(14)15/h1H,(H,14,15)(H2,11,12,13). The quantitative estimate of drug-likeness (QED) is 0.656. The minimum absolute atomic E-state index is 0.0726. The predicted molar refractivity (Wildman–Crippen MR) is 40.7 cm³/mol. The van der Waals surface area contributed by atoms with Crippen molar-refractivity contribution < 1.29 is 28.2 Å². The van der Waals surface area contributed by atoms with E-state index in [1.54, 1.807) is 4.98 Å². The molecule has 1 heterocycles. The van der Waals surface area contributed by atoms with Gasteiger partial charge < -0.3 is 10.2 Å². The summed E-state index contributed by atoms with van der Waals surface area (Å²) in [4.78, 5) is 22.6. The van der Waals surface area contributed by atoms with E-state index in [9.17, 15) is 22.8 Å². The van der Waals surface area contributed by atoms with Crippen LogP contribution in [0, 0.1) is 0 Å². The highest BCUT2D eigenvalue weighted by Gasteiger charge is 2.37. The zero-order valence-electron chi connectivity index (χ0n) is 6.92. The smallest absolute Gasteiger partial charge is 0.417 e. The van der Waals surface area contributed by atoms with Crippen LogP contribution in [0.4, 0.5) is 13.2 Å². The van der Waals surface area contributed by atoms with E-state index in [1.807, 2.05) is 0 Å². The van der Waals surface area contributed by atoms with Gasteiger partial charge in [0, 0.05) is 6.07 Å². The van der Waals surface area contributed by atoms with E-state index in [4.69, 9.17) is 10.2 Å². The zero-order valence-corrected chi connectivity index (χ0v) is 6.92. The third kappa shape index (κ3) is 2.09. The minimum Gasteiger partial charge on any atom is -0.494 e. The van der Waals surface area contributed by atoms with E-state index in [0.29, 0.717) is 0 Å². The molecule has 0 saturated heterocycles. The monoisotopic (exact) mass is 223 g/mol. The lowest BCUT2D eigenvalue weighted by molar-refractivity contribution is -0.138. The van der Waals surface area contributed by atoms with Crippen molar-refractivity contribution in [3.05, 3.63) is 27.5 Å². The Morgan fingerprint density at radius 3 is 2.33 bits per heavy atom. The highest BCUT2D eigenvalue weighted by Crippen LogP contribution is 2.33. The van der Waals surface area contributed by atoms with Crippen LogP contribution in [0.15, 0.2) is 10.9 Å². The van der Waals surface area contributed by atoms with Crippen LogP contribution in [0.3, 0.4) is 0 Å². The van der Waals surface area contributed by atoms with Crippen molar-refractivity contribution in [1.29, 1.82) is 0 Å². The number of aromatic amines is 1. The molecule has 0 atom stereocenters. The Kier molecular flexibility index (Phi) is 2.44. The third-order valence-corrected chi connectivity index (χ3v) is 1.54. The van der Waals surface area contributed by atoms with Gasteiger partial charge in [0.15, 0.2) is 0 Å². The number of carboxylic acid groups (broad SMARTS) is 1. The Labute approximate surface area is 79.8 Å². The Hall–Kier alpha value is -1.99. The van der Waals surface area contributed by atoms with Gasteiger partial charge in [-0.25, -0.2) is 4.79 Å². The van der Waals surface area contributed by atoms with E-state index >= 15 is 0 Å². The van der Waals surface area contributed by atoms with Gasteiger partial charge in [-0.05, 0) is 0 Å². The fourth-order valence-corrected chi connectivity index (χ4v) is 0.986. The molecule has 0 saturated carbocycles. The Morgan fingerprint density at radius 2 is 1.93 bits per heavy atom. The lowest BCUT2D eigenvalue weighted by Crippen LogP contribution is -2.19. The number of H-pyrrole nitrogens is 1. The summed E-state index contributed by atoms with van der Waals surface area (Å²) in [6.45, 7) is 0. The van der Waals surface area contributed by atoms with Gasteiger partial charge in [-0.2, -0.15) is 13.2 Å². The molecular weight excluding hydrogens is 219 g/mol.